The lowest BCUT2D eigenvalue weighted by Gasteiger charge is -2.05. The Bertz CT molecular complexity index is 287. The van der Waals surface area contributed by atoms with Crippen LogP contribution in [0.1, 0.15) is 37.9 Å². The molecule has 1 fully saturated rings. The Balaban J connectivity index is 1.70. The van der Waals surface area contributed by atoms with Gasteiger partial charge in [-0.15, -0.1) is 0 Å². The summed E-state index contributed by atoms with van der Waals surface area (Å²) in [5.74, 6) is 1.87. The quantitative estimate of drug-likeness (QED) is 0.734. The molecule has 0 aromatic carbocycles. The van der Waals surface area contributed by atoms with Crippen molar-refractivity contribution < 1.29 is 9.21 Å². The zero-order valence-corrected chi connectivity index (χ0v) is 8.37. The Morgan fingerprint density at radius 3 is 3.07 bits per heavy atom. The molecule has 14 heavy (non-hydrogen) atoms. The average molecular weight is 192 g/mol. The molecule has 0 radical (unpaired) electrons. The molecule has 0 amide bonds. The first-order valence-electron chi connectivity index (χ1n) is 5.41. The molecule has 0 spiro atoms. The summed E-state index contributed by atoms with van der Waals surface area (Å²) in [6, 6.07) is 3.91. The number of furan rings is 1. The fourth-order valence-corrected chi connectivity index (χ4v) is 2.17. The summed E-state index contributed by atoms with van der Waals surface area (Å²) in [5, 5.41) is 0. The molecule has 1 aliphatic carbocycles. The van der Waals surface area contributed by atoms with Gasteiger partial charge < -0.3 is 4.42 Å². The maximum atomic E-state index is 11.3. The molecule has 1 aliphatic rings. The van der Waals surface area contributed by atoms with E-state index in [1.807, 2.05) is 12.1 Å². The summed E-state index contributed by atoms with van der Waals surface area (Å²) in [4.78, 5) is 11.3. The maximum absolute atomic E-state index is 11.3. The molecule has 0 N–H and O–H groups in total. The Labute approximate surface area is 84.3 Å². The van der Waals surface area contributed by atoms with Gasteiger partial charge in [-0.1, -0.05) is 0 Å². The first-order valence-corrected chi connectivity index (χ1v) is 5.41. The van der Waals surface area contributed by atoms with Crippen molar-refractivity contribution in [1.29, 1.82) is 0 Å². The van der Waals surface area contributed by atoms with Crippen LogP contribution < -0.4 is 0 Å². The number of carbonyl (C=O) groups is 1. The maximum Gasteiger partial charge on any atom is 0.135 e. The number of hydrogen-bond acceptors (Lipinski definition) is 2. The highest BCUT2D eigenvalue weighted by Gasteiger charge is 2.23. The molecular formula is C12H16O2. The summed E-state index contributed by atoms with van der Waals surface area (Å²) in [5.41, 5.74) is 0. The van der Waals surface area contributed by atoms with Crippen LogP contribution in [-0.2, 0) is 11.2 Å². The van der Waals surface area contributed by atoms with Gasteiger partial charge in [0.15, 0.2) is 0 Å². The highest BCUT2D eigenvalue weighted by molar-refractivity contribution is 5.82. The summed E-state index contributed by atoms with van der Waals surface area (Å²) in [6.07, 6.45) is 7.81. The molecule has 2 rings (SSSR count). The van der Waals surface area contributed by atoms with Crippen LogP contribution >= 0.6 is 0 Å². The number of aryl methyl sites for hydroxylation is 1. The summed E-state index contributed by atoms with van der Waals surface area (Å²) >= 11 is 0. The van der Waals surface area contributed by atoms with Crippen LogP contribution in [0.2, 0.25) is 0 Å². The van der Waals surface area contributed by atoms with Crippen molar-refractivity contribution in [2.24, 2.45) is 5.92 Å². The highest BCUT2D eigenvalue weighted by Crippen LogP contribution is 2.25. The van der Waals surface area contributed by atoms with E-state index in [4.69, 9.17) is 4.42 Å². The van der Waals surface area contributed by atoms with Crippen molar-refractivity contribution in [3.8, 4) is 0 Å². The number of rotatable bonds is 4. The first-order chi connectivity index (χ1) is 6.86. The summed E-state index contributed by atoms with van der Waals surface area (Å²) in [7, 11) is 0. The number of ketones is 1. The second-order valence-electron chi connectivity index (χ2n) is 4.03. The predicted octanol–water partition coefficient (Wildman–Crippen LogP) is 2.97. The van der Waals surface area contributed by atoms with Gasteiger partial charge >= 0.3 is 0 Å². The van der Waals surface area contributed by atoms with Crippen molar-refractivity contribution in [2.45, 2.75) is 38.5 Å². The van der Waals surface area contributed by atoms with Gasteiger partial charge in [-0.3, -0.25) is 4.79 Å². The van der Waals surface area contributed by atoms with Crippen LogP contribution in [0, 0.1) is 5.92 Å². The largest absolute Gasteiger partial charge is 0.469 e. The summed E-state index contributed by atoms with van der Waals surface area (Å²) in [6.45, 7) is 0. The van der Waals surface area contributed by atoms with E-state index in [0.717, 1.165) is 44.3 Å². The van der Waals surface area contributed by atoms with Gasteiger partial charge in [-0.2, -0.15) is 0 Å². The third-order valence-electron chi connectivity index (χ3n) is 2.99. The molecule has 0 bridgehead atoms. The van der Waals surface area contributed by atoms with Crippen molar-refractivity contribution in [1.82, 2.24) is 0 Å². The molecule has 0 saturated heterocycles. The molecule has 1 saturated carbocycles. The van der Waals surface area contributed by atoms with Crippen LogP contribution in [-0.4, -0.2) is 5.78 Å². The van der Waals surface area contributed by atoms with E-state index < -0.39 is 0 Å². The van der Waals surface area contributed by atoms with Gasteiger partial charge in [0.2, 0.25) is 0 Å². The molecule has 76 valence electrons. The van der Waals surface area contributed by atoms with E-state index in [2.05, 4.69) is 0 Å². The second kappa shape index (κ2) is 4.45. The van der Waals surface area contributed by atoms with Crippen LogP contribution in [0.3, 0.4) is 0 Å². The van der Waals surface area contributed by atoms with E-state index in [1.165, 1.54) is 0 Å². The lowest BCUT2D eigenvalue weighted by molar-refractivity contribution is -0.120. The zero-order valence-electron chi connectivity index (χ0n) is 8.37. The van der Waals surface area contributed by atoms with E-state index in [1.54, 1.807) is 6.26 Å². The zero-order chi connectivity index (χ0) is 9.80. The SMILES string of the molecule is O=C1CCC[C@@H]1CCCc1ccco1. The number of hydrogen-bond donors (Lipinski definition) is 0. The molecule has 1 heterocycles. The normalized spacial score (nSPS) is 21.7. The van der Waals surface area contributed by atoms with Gasteiger partial charge in [0.1, 0.15) is 11.5 Å². The van der Waals surface area contributed by atoms with Gasteiger partial charge in [0.05, 0.1) is 6.26 Å². The molecule has 1 atom stereocenters. The van der Waals surface area contributed by atoms with Gasteiger partial charge in [0.25, 0.3) is 0 Å². The van der Waals surface area contributed by atoms with E-state index >= 15 is 0 Å². The minimum absolute atomic E-state index is 0.352. The second-order valence-corrected chi connectivity index (χ2v) is 4.03. The molecule has 2 heteroatoms. The van der Waals surface area contributed by atoms with Gasteiger partial charge in [0, 0.05) is 18.8 Å². The fraction of sp³-hybridized carbons (Fsp3) is 0.583. The van der Waals surface area contributed by atoms with Crippen LogP contribution in [0.15, 0.2) is 22.8 Å². The Morgan fingerprint density at radius 2 is 2.43 bits per heavy atom. The topological polar surface area (TPSA) is 30.2 Å². The van der Waals surface area contributed by atoms with E-state index in [-0.39, 0.29) is 0 Å². The minimum Gasteiger partial charge on any atom is -0.469 e. The predicted molar refractivity (Wildman–Crippen MR) is 54.0 cm³/mol. The smallest absolute Gasteiger partial charge is 0.135 e. The number of Topliss-reactive ketones (excluding diaryl/α,β-unsaturated/α-hetero) is 1. The Kier molecular flexibility index (Phi) is 3.02. The van der Waals surface area contributed by atoms with Crippen molar-refractivity contribution in [3.05, 3.63) is 24.2 Å². The number of carbonyl (C=O) groups excluding carboxylic acids is 1. The monoisotopic (exact) mass is 192 g/mol. The third kappa shape index (κ3) is 2.25. The molecule has 0 aliphatic heterocycles. The molecule has 1 aromatic rings. The van der Waals surface area contributed by atoms with Crippen molar-refractivity contribution in [3.63, 3.8) is 0 Å². The van der Waals surface area contributed by atoms with Crippen LogP contribution in [0.4, 0.5) is 0 Å². The average Bonchev–Trinajstić information content (AvgIpc) is 2.78. The molecular weight excluding hydrogens is 176 g/mol. The van der Waals surface area contributed by atoms with Crippen LogP contribution in [0.5, 0.6) is 0 Å². The molecule has 2 nitrogen and oxygen atoms in total. The standard InChI is InChI=1S/C12H16O2/c13-12-8-2-5-10(12)4-1-6-11-7-3-9-14-11/h3,7,9-10H,1-2,4-6,8H2/t10-/m0/s1. The van der Waals surface area contributed by atoms with Crippen molar-refractivity contribution >= 4 is 5.78 Å². The minimum atomic E-state index is 0.352. The van der Waals surface area contributed by atoms with Crippen LogP contribution in [0.25, 0.3) is 0 Å². The van der Waals surface area contributed by atoms with E-state index in [0.29, 0.717) is 11.7 Å². The first kappa shape index (κ1) is 9.50. The Morgan fingerprint density at radius 1 is 1.50 bits per heavy atom. The van der Waals surface area contributed by atoms with Crippen molar-refractivity contribution in [2.75, 3.05) is 0 Å². The summed E-state index contributed by atoms with van der Waals surface area (Å²) < 4.78 is 5.24. The lowest BCUT2D eigenvalue weighted by atomic mass is 9.99. The van der Waals surface area contributed by atoms with E-state index in [9.17, 15) is 4.79 Å². The highest BCUT2D eigenvalue weighted by atomic mass is 16.3. The molecule has 1 aromatic heterocycles. The fourth-order valence-electron chi connectivity index (χ4n) is 2.17. The van der Waals surface area contributed by atoms with Gasteiger partial charge in [-0.25, -0.2) is 0 Å². The lowest BCUT2D eigenvalue weighted by Crippen LogP contribution is -2.06. The molecule has 0 unspecified atom stereocenters. The van der Waals surface area contributed by atoms with Gasteiger partial charge in [-0.05, 0) is 37.8 Å². The Hall–Kier alpha value is -1.05. The third-order valence-corrected chi connectivity index (χ3v) is 2.99.